The molecular weight excluding hydrogens is 276 g/mol. The standard InChI is InChI=1S/C19H20O3/c1-21-19(20)13-8-14-6-10-16(11-7-14)22-18-12-9-15-4-2-3-5-17(15)18/h2-7,10-11,18H,8-9,12-13H2,1H3/t18-/m1/s1. The fourth-order valence-corrected chi connectivity index (χ4v) is 2.89. The zero-order valence-electron chi connectivity index (χ0n) is 12.7. The van der Waals surface area contributed by atoms with Crippen molar-refractivity contribution in [1.82, 2.24) is 0 Å². The number of esters is 1. The molecule has 0 heterocycles. The van der Waals surface area contributed by atoms with Crippen molar-refractivity contribution < 1.29 is 14.3 Å². The van der Waals surface area contributed by atoms with E-state index in [2.05, 4.69) is 29.0 Å². The summed E-state index contributed by atoms with van der Waals surface area (Å²) in [5.41, 5.74) is 3.81. The van der Waals surface area contributed by atoms with Crippen molar-refractivity contribution in [1.29, 1.82) is 0 Å². The number of aryl methyl sites for hydroxylation is 2. The maximum atomic E-state index is 11.2. The first kappa shape index (κ1) is 14.6. The molecule has 3 rings (SSSR count). The fraction of sp³-hybridized carbons (Fsp3) is 0.316. The minimum absolute atomic E-state index is 0.150. The van der Waals surface area contributed by atoms with Crippen LogP contribution in [0.5, 0.6) is 5.75 Å². The van der Waals surface area contributed by atoms with Gasteiger partial charge in [0.05, 0.1) is 7.11 Å². The van der Waals surface area contributed by atoms with E-state index in [1.165, 1.54) is 18.2 Å². The Kier molecular flexibility index (Phi) is 4.42. The van der Waals surface area contributed by atoms with E-state index in [9.17, 15) is 4.79 Å². The molecule has 0 unspecified atom stereocenters. The molecule has 0 spiro atoms. The highest BCUT2D eigenvalue weighted by Crippen LogP contribution is 2.34. The number of rotatable bonds is 5. The van der Waals surface area contributed by atoms with Crippen LogP contribution < -0.4 is 4.74 Å². The van der Waals surface area contributed by atoms with Gasteiger partial charge in [-0.15, -0.1) is 0 Å². The van der Waals surface area contributed by atoms with E-state index in [1.54, 1.807) is 0 Å². The van der Waals surface area contributed by atoms with Crippen molar-refractivity contribution in [3.05, 3.63) is 65.2 Å². The van der Waals surface area contributed by atoms with Crippen LogP contribution in [0.1, 0.15) is 35.6 Å². The number of carbonyl (C=O) groups is 1. The number of methoxy groups -OCH3 is 1. The van der Waals surface area contributed by atoms with Gasteiger partial charge >= 0.3 is 5.97 Å². The smallest absolute Gasteiger partial charge is 0.305 e. The summed E-state index contributed by atoms with van der Waals surface area (Å²) in [6.07, 6.45) is 3.37. The minimum Gasteiger partial charge on any atom is -0.486 e. The molecule has 0 aromatic heterocycles. The van der Waals surface area contributed by atoms with Crippen LogP contribution in [0.4, 0.5) is 0 Å². The largest absolute Gasteiger partial charge is 0.486 e. The van der Waals surface area contributed by atoms with Gasteiger partial charge in [0.1, 0.15) is 11.9 Å². The van der Waals surface area contributed by atoms with Gasteiger partial charge in [-0.25, -0.2) is 0 Å². The number of ether oxygens (including phenoxy) is 2. The molecule has 0 amide bonds. The van der Waals surface area contributed by atoms with Crippen LogP contribution in [0.3, 0.4) is 0 Å². The molecule has 0 bridgehead atoms. The molecule has 1 aliphatic carbocycles. The van der Waals surface area contributed by atoms with Crippen molar-refractivity contribution >= 4 is 5.97 Å². The third-order valence-corrected chi connectivity index (χ3v) is 4.13. The molecule has 22 heavy (non-hydrogen) atoms. The second-order valence-electron chi connectivity index (χ2n) is 5.56. The van der Waals surface area contributed by atoms with Gasteiger partial charge in [0.15, 0.2) is 0 Å². The zero-order valence-corrected chi connectivity index (χ0v) is 12.7. The van der Waals surface area contributed by atoms with E-state index in [0.717, 1.165) is 24.2 Å². The van der Waals surface area contributed by atoms with Gasteiger partial charge < -0.3 is 9.47 Å². The first-order chi connectivity index (χ1) is 10.8. The Hall–Kier alpha value is -2.29. The number of hydrogen-bond acceptors (Lipinski definition) is 3. The average molecular weight is 296 g/mol. The molecule has 0 aliphatic heterocycles. The lowest BCUT2D eigenvalue weighted by Crippen LogP contribution is -2.04. The lowest BCUT2D eigenvalue weighted by Gasteiger charge is -2.15. The van der Waals surface area contributed by atoms with Crippen molar-refractivity contribution in [2.24, 2.45) is 0 Å². The summed E-state index contributed by atoms with van der Waals surface area (Å²) in [5, 5.41) is 0. The van der Waals surface area contributed by atoms with Crippen molar-refractivity contribution in [3.63, 3.8) is 0 Å². The van der Waals surface area contributed by atoms with Crippen LogP contribution in [0.15, 0.2) is 48.5 Å². The van der Waals surface area contributed by atoms with Crippen molar-refractivity contribution in [2.75, 3.05) is 7.11 Å². The molecule has 0 saturated heterocycles. The number of carbonyl (C=O) groups excluding carboxylic acids is 1. The van der Waals surface area contributed by atoms with E-state index < -0.39 is 0 Å². The Labute approximate surface area is 130 Å². The van der Waals surface area contributed by atoms with E-state index in [-0.39, 0.29) is 12.1 Å². The Balaban J connectivity index is 1.61. The zero-order chi connectivity index (χ0) is 15.4. The summed E-state index contributed by atoms with van der Waals surface area (Å²) < 4.78 is 10.8. The first-order valence-corrected chi connectivity index (χ1v) is 7.66. The first-order valence-electron chi connectivity index (χ1n) is 7.66. The van der Waals surface area contributed by atoms with Crippen LogP contribution in [-0.4, -0.2) is 13.1 Å². The minimum atomic E-state index is -0.178. The maximum absolute atomic E-state index is 11.2. The molecule has 2 aromatic carbocycles. The molecule has 0 fully saturated rings. The van der Waals surface area contributed by atoms with Gasteiger partial charge in [0.25, 0.3) is 0 Å². The Morgan fingerprint density at radius 1 is 1.14 bits per heavy atom. The van der Waals surface area contributed by atoms with E-state index >= 15 is 0 Å². The number of fused-ring (bicyclic) bond motifs is 1. The average Bonchev–Trinajstić information content (AvgIpc) is 2.97. The molecular formula is C19H20O3. The summed E-state index contributed by atoms with van der Waals surface area (Å²) in [7, 11) is 1.42. The lowest BCUT2D eigenvalue weighted by atomic mass is 10.1. The summed E-state index contributed by atoms with van der Waals surface area (Å²) in [6.45, 7) is 0. The molecule has 2 aromatic rings. The molecule has 1 aliphatic rings. The second kappa shape index (κ2) is 6.65. The Morgan fingerprint density at radius 3 is 2.68 bits per heavy atom. The SMILES string of the molecule is COC(=O)CCc1ccc(O[C@@H]2CCc3ccccc32)cc1. The number of hydrogen-bond donors (Lipinski definition) is 0. The molecule has 0 radical (unpaired) electrons. The van der Waals surface area contributed by atoms with E-state index in [4.69, 9.17) is 4.74 Å². The molecule has 3 heteroatoms. The predicted octanol–water partition coefficient (Wildman–Crippen LogP) is 3.86. The monoisotopic (exact) mass is 296 g/mol. The van der Waals surface area contributed by atoms with Crippen molar-refractivity contribution in [3.8, 4) is 5.75 Å². The van der Waals surface area contributed by atoms with Gasteiger partial charge in [0.2, 0.25) is 0 Å². The van der Waals surface area contributed by atoms with Crippen LogP contribution in [-0.2, 0) is 22.4 Å². The van der Waals surface area contributed by atoms with Crippen LogP contribution >= 0.6 is 0 Å². The second-order valence-corrected chi connectivity index (χ2v) is 5.56. The highest BCUT2D eigenvalue weighted by atomic mass is 16.5. The third-order valence-electron chi connectivity index (χ3n) is 4.13. The van der Waals surface area contributed by atoms with Crippen LogP contribution in [0, 0.1) is 0 Å². The van der Waals surface area contributed by atoms with Gasteiger partial charge in [-0.05, 0) is 48.1 Å². The third kappa shape index (κ3) is 3.30. The normalized spacial score (nSPS) is 16.1. The summed E-state index contributed by atoms with van der Waals surface area (Å²) in [4.78, 5) is 11.2. The highest BCUT2D eigenvalue weighted by molar-refractivity contribution is 5.69. The van der Waals surface area contributed by atoms with Gasteiger partial charge in [-0.1, -0.05) is 36.4 Å². The van der Waals surface area contributed by atoms with E-state index in [0.29, 0.717) is 12.8 Å². The lowest BCUT2D eigenvalue weighted by molar-refractivity contribution is -0.140. The van der Waals surface area contributed by atoms with Crippen LogP contribution in [0.2, 0.25) is 0 Å². The van der Waals surface area contributed by atoms with Gasteiger partial charge in [-0.3, -0.25) is 4.79 Å². The number of benzene rings is 2. The maximum Gasteiger partial charge on any atom is 0.305 e. The fourth-order valence-electron chi connectivity index (χ4n) is 2.89. The molecule has 3 nitrogen and oxygen atoms in total. The van der Waals surface area contributed by atoms with Gasteiger partial charge in [0, 0.05) is 6.42 Å². The van der Waals surface area contributed by atoms with Gasteiger partial charge in [-0.2, -0.15) is 0 Å². The summed E-state index contributed by atoms with van der Waals surface area (Å²) in [5.74, 6) is 0.700. The quantitative estimate of drug-likeness (QED) is 0.786. The van der Waals surface area contributed by atoms with Crippen molar-refractivity contribution in [2.45, 2.75) is 31.8 Å². The predicted molar refractivity (Wildman–Crippen MR) is 84.9 cm³/mol. The summed E-state index contributed by atoms with van der Waals surface area (Å²) in [6, 6.07) is 16.5. The summed E-state index contributed by atoms with van der Waals surface area (Å²) >= 11 is 0. The Bertz CT molecular complexity index is 646. The Morgan fingerprint density at radius 2 is 1.91 bits per heavy atom. The van der Waals surface area contributed by atoms with E-state index in [1.807, 2.05) is 24.3 Å². The highest BCUT2D eigenvalue weighted by Gasteiger charge is 2.23. The molecule has 0 N–H and O–H groups in total. The topological polar surface area (TPSA) is 35.5 Å². The molecule has 1 atom stereocenters. The van der Waals surface area contributed by atoms with Crippen LogP contribution in [0.25, 0.3) is 0 Å². The molecule has 0 saturated carbocycles. The molecule has 114 valence electrons.